The Hall–Kier alpha value is -3.44. The molecule has 39 heavy (non-hydrogen) atoms. The number of carbonyl (C=O) groups excluding carboxylic acids is 6. The normalized spacial score (nSPS) is 24.7. The first-order valence-corrected chi connectivity index (χ1v) is 13.5. The van der Waals surface area contributed by atoms with Crippen molar-refractivity contribution in [2.24, 2.45) is 28.9 Å². The van der Waals surface area contributed by atoms with Crippen LogP contribution in [0.25, 0.3) is 0 Å². The van der Waals surface area contributed by atoms with E-state index < -0.39 is 59.1 Å². The highest BCUT2D eigenvalue weighted by Gasteiger charge is 2.69. The fraction of sp³-hybridized carbons (Fsp3) is 0.704. The summed E-state index contributed by atoms with van der Waals surface area (Å²) >= 11 is 0. The number of fused-ring (bicyclic) bond motifs is 1. The predicted octanol–water partition coefficient (Wildman–Crippen LogP) is -0.0327. The third kappa shape index (κ3) is 6.77. The average Bonchev–Trinajstić information content (AvgIpc) is 3.13. The van der Waals surface area contributed by atoms with Crippen LogP contribution >= 0.6 is 0 Å². The highest BCUT2D eigenvalue weighted by atomic mass is 16.2. The monoisotopic (exact) mass is 546 g/mol. The summed E-state index contributed by atoms with van der Waals surface area (Å²) in [4.78, 5) is 77.5. The lowest BCUT2D eigenvalue weighted by Gasteiger charge is -2.36. The molecule has 2 aliphatic carbocycles. The molecular formula is C27H42N6O6. The number of nitrogens with zero attached hydrogens (tertiary/aromatic N) is 1. The van der Waals surface area contributed by atoms with E-state index in [1.54, 1.807) is 20.8 Å². The highest BCUT2D eigenvalue weighted by molar-refractivity contribution is 6.38. The van der Waals surface area contributed by atoms with Gasteiger partial charge in [0.2, 0.25) is 23.5 Å². The Bertz CT molecular complexity index is 1050. The maximum Gasteiger partial charge on any atom is 0.315 e. The largest absolute Gasteiger partial charge is 0.363 e. The number of Topliss-reactive ketones (excluding diaryl/α,β-unsaturated/α-hetero) is 1. The van der Waals surface area contributed by atoms with E-state index in [-0.39, 0.29) is 36.1 Å². The average molecular weight is 547 g/mol. The van der Waals surface area contributed by atoms with Gasteiger partial charge in [0, 0.05) is 18.6 Å². The van der Waals surface area contributed by atoms with Gasteiger partial charge >= 0.3 is 6.03 Å². The van der Waals surface area contributed by atoms with Crippen LogP contribution in [0.2, 0.25) is 0 Å². The molecular weight excluding hydrogens is 504 g/mol. The van der Waals surface area contributed by atoms with Gasteiger partial charge in [-0.1, -0.05) is 26.8 Å². The van der Waals surface area contributed by atoms with Gasteiger partial charge in [-0.2, -0.15) is 0 Å². The minimum absolute atomic E-state index is 0.0655. The minimum atomic E-state index is -1.10. The first kappa shape index (κ1) is 30.1. The summed E-state index contributed by atoms with van der Waals surface area (Å²) in [5.41, 5.74) is 4.51. The van der Waals surface area contributed by atoms with Gasteiger partial charge in [0.15, 0.2) is 0 Å². The van der Waals surface area contributed by atoms with Crippen LogP contribution in [0.1, 0.15) is 60.3 Å². The number of hydrogen-bond donors (Lipinski definition) is 5. The SMILES string of the molecule is C=CC(=O)NCC[C@H](NC(=O)NC(C)(C)C)C(=O)N1CC2C(C1C(=O)NC(C(=O)C(N)=O)C1CCC1)C2(C)C. The van der Waals surface area contributed by atoms with Crippen molar-refractivity contribution >= 4 is 35.4 Å². The molecule has 0 spiro atoms. The van der Waals surface area contributed by atoms with Gasteiger partial charge in [-0.15, -0.1) is 0 Å². The lowest BCUT2D eigenvalue weighted by molar-refractivity contribution is -0.144. The molecule has 3 fully saturated rings. The molecule has 0 bridgehead atoms. The Morgan fingerprint density at radius 2 is 1.74 bits per heavy atom. The van der Waals surface area contributed by atoms with Gasteiger partial charge in [-0.05, 0) is 69.3 Å². The lowest BCUT2D eigenvalue weighted by atomic mass is 9.78. The zero-order chi connectivity index (χ0) is 29.3. The number of hydrogen-bond acceptors (Lipinski definition) is 6. The molecule has 6 N–H and O–H groups in total. The van der Waals surface area contributed by atoms with Gasteiger partial charge in [-0.3, -0.25) is 24.0 Å². The second-order valence-corrected chi connectivity index (χ2v) is 12.5. The molecule has 0 radical (unpaired) electrons. The number of nitrogens with one attached hydrogen (secondary N) is 4. The third-order valence-electron chi connectivity index (χ3n) is 8.21. The Balaban J connectivity index is 1.82. The van der Waals surface area contributed by atoms with Crippen molar-refractivity contribution in [3.8, 4) is 0 Å². The number of nitrogens with two attached hydrogens (primary N) is 1. The second-order valence-electron chi connectivity index (χ2n) is 12.5. The molecule has 0 aromatic carbocycles. The fourth-order valence-electron chi connectivity index (χ4n) is 5.78. The minimum Gasteiger partial charge on any atom is -0.363 e. The fourth-order valence-corrected chi connectivity index (χ4v) is 5.78. The maximum absolute atomic E-state index is 13.8. The molecule has 1 heterocycles. The zero-order valence-corrected chi connectivity index (χ0v) is 23.5. The van der Waals surface area contributed by atoms with Crippen LogP contribution in [0.15, 0.2) is 12.7 Å². The number of likely N-dealkylation sites (tertiary alicyclic amines) is 1. The number of amides is 6. The molecule has 0 aromatic heterocycles. The summed E-state index contributed by atoms with van der Waals surface area (Å²) in [6, 6.07) is -3.48. The number of piperidine rings is 1. The molecule has 3 rings (SSSR count). The summed E-state index contributed by atoms with van der Waals surface area (Å²) in [6.07, 6.45) is 3.48. The van der Waals surface area contributed by atoms with Crippen LogP contribution < -0.4 is 27.0 Å². The summed E-state index contributed by atoms with van der Waals surface area (Å²) in [5.74, 6) is -3.58. The molecule has 216 valence electrons. The maximum atomic E-state index is 13.8. The Labute approximate surface area is 229 Å². The van der Waals surface area contributed by atoms with Gasteiger partial charge in [-0.25, -0.2) is 4.79 Å². The number of rotatable bonds is 11. The molecule has 1 saturated heterocycles. The summed E-state index contributed by atoms with van der Waals surface area (Å²) < 4.78 is 0. The van der Waals surface area contributed by atoms with E-state index in [0.717, 1.165) is 12.5 Å². The van der Waals surface area contributed by atoms with E-state index in [4.69, 9.17) is 5.73 Å². The van der Waals surface area contributed by atoms with E-state index in [1.165, 1.54) is 4.90 Å². The number of primary amides is 1. The van der Waals surface area contributed by atoms with Gasteiger partial charge < -0.3 is 31.9 Å². The smallest absolute Gasteiger partial charge is 0.315 e. The first-order chi connectivity index (χ1) is 18.1. The standard InChI is InChI=1S/C27H42N6O6/c1-7-17(34)29-12-11-16(30-25(39)32-26(2,3)4)24(38)33-13-15-18(27(15,5)6)20(33)23(37)31-19(14-9-8-10-14)21(35)22(28)36/h7,14-16,18-20H,1,8-13H2,2-6H3,(H2,28,36)(H,29,34)(H,31,37)(H2,30,32,39)/t15?,16-,18?,19?,20?/m0/s1. The second kappa shape index (κ2) is 11.4. The third-order valence-corrected chi connectivity index (χ3v) is 8.21. The number of ketones is 1. The van der Waals surface area contributed by atoms with Crippen molar-refractivity contribution in [2.75, 3.05) is 13.1 Å². The van der Waals surface area contributed by atoms with Crippen molar-refractivity contribution in [3.63, 3.8) is 0 Å². The van der Waals surface area contributed by atoms with Crippen LogP contribution in [0, 0.1) is 23.2 Å². The Morgan fingerprint density at radius 1 is 1.10 bits per heavy atom. The van der Waals surface area contributed by atoms with E-state index in [9.17, 15) is 28.8 Å². The molecule has 6 amide bonds. The topological polar surface area (TPSA) is 180 Å². The van der Waals surface area contributed by atoms with Crippen molar-refractivity contribution in [1.29, 1.82) is 0 Å². The summed E-state index contributed by atoms with van der Waals surface area (Å²) in [6.45, 7) is 13.3. The quantitative estimate of drug-likeness (QED) is 0.179. The van der Waals surface area contributed by atoms with Crippen LogP contribution in [-0.4, -0.2) is 77.1 Å². The molecule has 2 saturated carbocycles. The molecule has 3 aliphatic rings. The van der Waals surface area contributed by atoms with Crippen LogP contribution in [0.4, 0.5) is 4.79 Å². The van der Waals surface area contributed by atoms with Crippen LogP contribution in [0.3, 0.4) is 0 Å². The molecule has 0 aromatic rings. The van der Waals surface area contributed by atoms with Gasteiger partial charge in [0.05, 0.1) is 0 Å². The molecule has 1 aliphatic heterocycles. The van der Waals surface area contributed by atoms with E-state index in [1.807, 2.05) is 13.8 Å². The Kier molecular flexibility index (Phi) is 8.76. The van der Waals surface area contributed by atoms with Crippen LogP contribution in [0.5, 0.6) is 0 Å². The number of carbonyl (C=O) groups is 6. The van der Waals surface area contributed by atoms with E-state index in [2.05, 4.69) is 27.8 Å². The van der Waals surface area contributed by atoms with Crippen molar-refractivity contribution in [1.82, 2.24) is 26.2 Å². The first-order valence-electron chi connectivity index (χ1n) is 13.5. The molecule has 5 atom stereocenters. The Morgan fingerprint density at radius 3 is 2.26 bits per heavy atom. The van der Waals surface area contributed by atoms with Crippen molar-refractivity contribution in [2.45, 2.75) is 84.0 Å². The molecule has 12 nitrogen and oxygen atoms in total. The van der Waals surface area contributed by atoms with Crippen LogP contribution in [-0.2, 0) is 24.0 Å². The van der Waals surface area contributed by atoms with E-state index >= 15 is 0 Å². The van der Waals surface area contributed by atoms with Gasteiger partial charge in [0.1, 0.15) is 18.1 Å². The summed E-state index contributed by atoms with van der Waals surface area (Å²) in [7, 11) is 0. The predicted molar refractivity (Wildman–Crippen MR) is 143 cm³/mol. The lowest BCUT2D eigenvalue weighted by Crippen LogP contribution is -2.60. The van der Waals surface area contributed by atoms with Crippen molar-refractivity contribution < 1.29 is 28.8 Å². The van der Waals surface area contributed by atoms with Crippen molar-refractivity contribution in [3.05, 3.63) is 12.7 Å². The van der Waals surface area contributed by atoms with Gasteiger partial charge in [0.25, 0.3) is 5.91 Å². The molecule has 12 heteroatoms. The summed E-state index contributed by atoms with van der Waals surface area (Å²) in [5, 5.41) is 10.8. The number of urea groups is 1. The highest BCUT2D eigenvalue weighted by Crippen LogP contribution is 2.65. The zero-order valence-electron chi connectivity index (χ0n) is 23.5. The molecule has 4 unspecified atom stereocenters. The van der Waals surface area contributed by atoms with E-state index in [0.29, 0.717) is 19.4 Å².